The van der Waals surface area contributed by atoms with Gasteiger partial charge in [-0.1, -0.05) is 62.0 Å². The first kappa shape index (κ1) is 28.5. The fraction of sp³-hybridized carbons (Fsp3) is 0.139. The van der Waals surface area contributed by atoms with Crippen LogP contribution in [0.25, 0.3) is 27.6 Å². The van der Waals surface area contributed by atoms with Crippen LogP contribution in [0.5, 0.6) is 11.5 Å². The Morgan fingerprint density at radius 3 is 2.44 bits per heavy atom. The Labute approximate surface area is 266 Å². The first-order valence-corrected chi connectivity index (χ1v) is 13.8. The number of hydrogen-bond donors (Lipinski definition) is 0. The summed E-state index contributed by atoms with van der Waals surface area (Å²) in [5, 5.41) is 12.0. The fourth-order valence-electron chi connectivity index (χ4n) is 5.59. The van der Waals surface area contributed by atoms with E-state index >= 15 is 0 Å². The molecule has 1 aliphatic heterocycles. The van der Waals surface area contributed by atoms with Crippen LogP contribution in [0.3, 0.4) is 0 Å². The molecule has 0 bridgehead atoms. The summed E-state index contributed by atoms with van der Waals surface area (Å²) in [6.45, 7) is 8.59. The summed E-state index contributed by atoms with van der Waals surface area (Å²) >= 11 is 0. The minimum Gasteiger partial charge on any atom is -0.509 e. The molecule has 4 aromatic carbocycles. The van der Waals surface area contributed by atoms with E-state index in [1.54, 1.807) is 6.07 Å². The second-order valence-corrected chi connectivity index (χ2v) is 11.5. The average molecular weight is 742 g/mol. The molecule has 43 heavy (non-hydrogen) atoms. The van der Waals surface area contributed by atoms with E-state index in [1.807, 2.05) is 74.5 Å². The summed E-state index contributed by atoms with van der Waals surface area (Å²) in [7, 11) is 2.03. The van der Waals surface area contributed by atoms with E-state index in [0.29, 0.717) is 17.1 Å². The maximum absolute atomic E-state index is 10.3. The molecule has 0 aliphatic carbocycles. The smallest absolute Gasteiger partial charge is 0.135 e. The van der Waals surface area contributed by atoms with Gasteiger partial charge in [-0.3, -0.25) is 0 Å². The summed E-state index contributed by atoms with van der Waals surface area (Å²) in [5.74, 6) is 1.74. The van der Waals surface area contributed by atoms with Gasteiger partial charge in [0.25, 0.3) is 0 Å². The van der Waals surface area contributed by atoms with Gasteiger partial charge in [-0.2, -0.15) is 18.0 Å². The molecule has 2 aromatic heterocycles. The van der Waals surface area contributed by atoms with Crippen LogP contribution in [-0.2, 0) is 26.5 Å². The maximum Gasteiger partial charge on any atom is 0.135 e. The molecular weight excluding hydrogens is 714 g/mol. The third-order valence-corrected chi connectivity index (χ3v) is 7.66. The third kappa shape index (κ3) is 4.94. The molecular formula is C36H28N5OPt-3. The summed E-state index contributed by atoms with van der Waals surface area (Å²) in [6, 6.07) is 37.3. The number of anilines is 3. The molecule has 7 rings (SSSR count). The van der Waals surface area contributed by atoms with Crippen molar-refractivity contribution in [3.05, 3.63) is 121 Å². The molecule has 6 aromatic rings. The van der Waals surface area contributed by atoms with E-state index in [1.165, 1.54) is 5.56 Å². The molecule has 0 saturated carbocycles. The minimum absolute atomic E-state index is 0. The molecule has 0 radical (unpaired) electrons. The topological polar surface area (TPSA) is 57.3 Å². The van der Waals surface area contributed by atoms with Crippen LogP contribution in [0.1, 0.15) is 31.9 Å². The van der Waals surface area contributed by atoms with Crippen molar-refractivity contribution in [1.29, 1.82) is 5.26 Å². The predicted octanol–water partition coefficient (Wildman–Crippen LogP) is 8.45. The van der Waals surface area contributed by atoms with Crippen molar-refractivity contribution in [1.82, 2.24) is 9.55 Å². The quantitative estimate of drug-likeness (QED) is 0.170. The van der Waals surface area contributed by atoms with Gasteiger partial charge < -0.3 is 19.1 Å². The Balaban J connectivity index is 0.00000329. The second kappa shape index (κ2) is 10.9. The van der Waals surface area contributed by atoms with Gasteiger partial charge in [-0.05, 0) is 59.3 Å². The largest absolute Gasteiger partial charge is 0.509 e. The van der Waals surface area contributed by atoms with Crippen molar-refractivity contribution in [2.75, 3.05) is 16.8 Å². The number of aromatic nitrogens is 2. The van der Waals surface area contributed by atoms with E-state index in [9.17, 15) is 5.26 Å². The molecule has 216 valence electrons. The van der Waals surface area contributed by atoms with Crippen molar-refractivity contribution in [2.24, 2.45) is 0 Å². The van der Waals surface area contributed by atoms with Gasteiger partial charge in [0.2, 0.25) is 0 Å². The Morgan fingerprint density at radius 1 is 0.884 bits per heavy atom. The van der Waals surface area contributed by atoms with Crippen LogP contribution in [0, 0.1) is 30.1 Å². The molecule has 7 heteroatoms. The summed E-state index contributed by atoms with van der Waals surface area (Å²) in [4.78, 5) is 8.91. The normalized spacial score (nSPS) is 12.7. The van der Waals surface area contributed by atoms with E-state index < -0.39 is 0 Å². The molecule has 3 heterocycles. The zero-order valence-corrected chi connectivity index (χ0v) is 26.5. The summed E-state index contributed by atoms with van der Waals surface area (Å²) < 4.78 is 8.43. The Morgan fingerprint density at radius 2 is 1.65 bits per heavy atom. The zero-order chi connectivity index (χ0) is 29.0. The van der Waals surface area contributed by atoms with Crippen molar-refractivity contribution >= 4 is 38.9 Å². The molecule has 0 fully saturated rings. The van der Waals surface area contributed by atoms with Crippen LogP contribution < -0.4 is 14.5 Å². The van der Waals surface area contributed by atoms with Gasteiger partial charge >= 0.3 is 0 Å². The second-order valence-electron chi connectivity index (χ2n) is 11.5. The first-order valence-electron chi connectivity index (χ1n) is 13.8. The van der Waals surface area contributed by atoms with Gasteiger partial charge in [0, 0.05) is 55.7 Å². The molecule has 0 unspecified atom stereocenters. The number of nitrogens with zero attached hydrogens (tertiary/aromatic N) is 5. The van der Waals surface area contributed by atoms with Crippen LogP contribution in [0.15, 0.2) is 91.1 Å². The SMILES string of the molecule is CN1[CH-]N(c2[c-]c(Oc3[c-]c4c(c(C#N)c3)c3ccccc3n4-c3cc(C(C)(C)C)ccn3)ccc2)c2ccccc21.[Pt]. The van der Waals surface area contributed by atoms with Crippen LogP contribution in [0.2, 0.25) is 0 Å². The van der Waals surface area contributed by atoms with Crippen LogP contribution in [0.4, 0.5) is 17.1 Å². The van der Waals surface area contributed by atoms with E-state index in [2.05, 4.69) is 77.6 Å². The molecule has 0 N–H and O–H groups in total. The molecule has 0 atom stereocenters. The number of fused-ring (bicyclic) bond motifs is 4. The van der Waals surface area contributed by atoms with Gasteiger partial charge in [-0.25, -0.2) is 4.98 Å². The summed E-state index contributed by atoms with van der Waals surface area (Å²) in [5.41, 5.74) is 6.37. The molecule has 6 nitrogen and oxygen atoms in total. The van der Waals surface area contributed by atoms with Crippen LogP contribution in [-0.4, -0.2) is 16.6 Å². The monoisotopic (exact) mass is 741 g/mol. The molecule has 0 saturated heterocycles. The van der Waals surface area contributed by atoms with E-state index in [0.717, 1.165) is 44.7 Å². The van der Waals surface area contributed by atoms with Crippen molar-refractivity contribution < 1.29 is 25.8 Å². The van der Waals surface area contributed by atoms with Gasteiger partial charge in [-0.15, -0.1) is 36.0 Å². The number of benzene rings is 4. The maximum atomic E-state index is 10.3. The number of rotatable bonds is 4. The molecule has 0 spiro atoms. The number of ether oxygens (including phenoxy) is 1. The Kier molecular flexibility index (Phi) is 7.24. The van der Waals surface area contributed by atoms with Crippen molar-refractivity contribution in [3.63, 3.8) is 0 Å². The number of para-hydroxylation sites is 3. The number of nitriles is 1. The number of hydrogen-bond acceptors (Lipinski definition) is 5. The minimum atomic E-state index is -0.0464. The number of pyridine rings is 1. The third-order valence-electron chi connectivity index (χ3n) is 7.66. The van der Waals surface area contributed by atoms with Crippen LogP contribution >= 0.6 is 0 Å². The molecule has 1 aliphatic rings. The fourth-order valence-corrected chi connectivity index (χ4v) is 5.59. The van der Waals surface area contributed by atoms with Gasteiger partial charge in [0.05, 0.1) is 6.07 Å². The van der Waals surface area contributed by atoms with E-state index in [4.69, 9.17) is 9.72 Å². The Bertz CT molecular complexity index is 2030. The van der Waals surface area contributed by atoms with Crippen molar-refractivity contribution in [3.8, 4) is 23.4 Å². The average Bonchev–Trinajstić information content (AvgIpc) is 3.51. The van der Waals surface area contributed by atoms with Gasteiger partial charge in [0.1, 0.15) is 5.82 Å². The Hall–Kier alpha value is -4.59. The zero-order valence-electron chi connectivity index (χ0n) is 24.2. The van der Waals surface area contributed by atoms with Crippen molar-refractivity contribution in [2.45, 2.75) is 26.2 Å². The van der Waals surface area contributed by atoms with E-state index in [-0.39, 0.29) is 26.5 Å². The standard InChI is InChI=1S/C36H28N5O.Pt/c1-36(2,3)25-16-17-38-34(19-25)41-30-13-6-5-12-29(30)35-24(22-37)18-28(21-33(35)41)42-27-11-9-10-26(20-27)40-23-39(4)31-14-7-8-15-32(31)40;/h5-19,23H,1-4H3;/q-3;. The molecule has 0 amide bonds. The predicted molar refractivity (Wildman–Crippen MR) is 167 cm³/mol. The first-order chi connectivity index (χ1) is 20.3. The van der Waals surface area contributed by atoms with Gasteiger partial charge in [0.15, 0.2) is 0 Å². The summed E-state index contributed by atoms with van der Waals surface area (Å²) in [6.07, 6.45) is 1.84.